The van der Waals surface area contributed by atoms with E-state index < -0.39 is 73.3 Å². The second-order valence-corrected chi connectivity index (χ2v) is 5.77. The molecular weight excluding hydrogens is 336 g/mol. The number of aliphatic hydroxyl groups excluding tert-OH is 8. The van der Waals surface area contributed by atoms with Gasteiger partial charge in [-0.2, -0.15) is 0 Å². The topological polar surface area (TPSA) is 221 Å². The second-order valence-electron chi connectivity index (χ2n) is 5.77. The molecule has 2 aliphatic heterocycles. The third-order valence-electron chi connectivity index (χ3n) is 4.33. The Morgan fingerprint density at radius 2 is 1.62 bits per heavy atom. The van der Waals surface area contributed by atoms with E-state index in [1.807, 2.05) is 0 Å². The van der Waals surface area contributed by atoms with Crippen LogP contribution in [-0.2, 0) is 14.3 Å². The van der Waals surface area contributed by atoms with Crippen molar-refractivity contribution in [2.75, 3.05) is 13.2 Å². The minimum Gasteiger partial charge on any atom is -0.435 e. The average molecular weight is 356 g/mol. The van der Waals surface area contributed by atoms with Gasteiger partial charge >= 0.3 is 5.97 Å². The fourth-order valence-corrected chi connectivity index (χ4v) is 2.75. The molecule has 0 saturated carbocycles. The number of aliphatic hydroxyl groups is 9. The van der Waals surface area contributed by atoms with Gasteiger partial charge in [-0.15, -0.1) is 0 Å². The highest BCUT2D eigenvalue weighted by Crippen LogP contribution is 2.50. The molecule has 0 aromatic heterocycles. The summed E-state index contributed by atoms with van der Waals surface area (Å²) in [5, 5.41) is 87.1. The quantitative estimate of drug-likeness (QED) is 0.203. The molecule has 2 heterocycles. The molecule has 0 bridgehead atoms. The monoisotopic (exact) mass is 356 g/mol. The molecule has 24 heavy (non-hydrogen) atoms. The number of carbonyl (C=O) groups excluding carboxylic acids is 1. The van der Waals surface area contributed by atoms with Crippen LogP contribution in [0.15, 0.2) is 0 Å². The summed E-state index contributed by atoms with van der Waals surface area (Å²) in [5.41, 5.74) is -2.81. The molecule has 0 amide bonds. The Labute approximate surface area is 134 Å². The Morgan fingerprint density at radius 3 is 2.04 bits per heavy atom. The summed E-state index contributed by atoms with van der Waals surface area (Å²) in [5.74, 6) is -4.51. The molecule has 0 spiro atoms. The number of carbonyl (C=O) groups is 1. The fourth-order valence-electron chi connectivity index (χ4n) is 2.75. The van der Waals surface area contributed by atoms with Gasteiger partial charge in [0.05, 0.1) is 13.2 Å². The molecule has 12 nitrogen and oxygen atoms in total. The van der Waals surface area contributed by atoms with E-state index in [-0.39, 0.29) is 0 Å². The first kappa shape index (κ1) is 19.4. The van der Waals surface area contributed by atoms with Gasteiger partial charge in [0.1, 0.15) is 42.7 Å². The third kappa shape index (κ3) is 2.52. The Morgan fingerprint density at radius 1 is 1.08 bits per heavy atom. The van der Waals surface area contributed by atoms with E-state index in [0.29, 0.717) is 0 Å². The maximum absolute atomic E-state index is 11.7. The number of ether oxygens (including phenoxy) is 2. The van der Waals surface area contributed by atoms with Crippen LogP contribution in [0.5, 0.6) is 0 Å². The molecule has 12 heteroatoms. The first-order valence-corrected chi connectivity index (χ1v) is 7.02. The summed E-state index contributed by atoms with van der Waals surface area (Å²) >= 11 is 0. The lowest BCUT2D eigenvalue weighted by molar-refractivity contribution is -0.379. The third-order valence-corrected chi connectivity index (χ3v) is 4.33. The zero-order valence-corrected chi connectivity index (χ0v) is 12.2. The van der Waals surface area contributed by atoms with Gasteiger partial charge in [-0.25, -0.2) is 4.79 Å². The van der Waals surface area contributed by atoms with E-state index in [1.165, 1.54) is 0 Å². The number of hydrogen-bond donors (Lipinski definition) is 9. The lowest BCUT2D eigenvalue weighted by Crippen LogP contribution is -2.74. The molecule has 2 saturated heterocycles. The molecule has 2 aliphatic rings. The van der Waals surface area contributed by atoms with Gasteiger partial charge in [-0.1, -0.05) is 0 Å². The lowest BCUT2D eigenvalue weighted by atomic mass is 9.79. The van der Waals surface area contributed by atoms with Crippen molar-refractivity contribution in [2.24, 2.45) is 0 Å². The smallest absolute Gasteiger partial charge is 0.360 e. The van der Waals surface area contributed by atoms with Crippen LogP contribution in [0, 0.1) is 0 Å². The minimum absolute atomic E-state index is 0.935. The number of cyclic esters (lactones) is 1. The number of rotatable bonds is 6. The highest BCUT2D eigenvalue weighted by molar-refractivity contribution is 5.95. The summed E-state index contributed by atoms with van der Waals surface area (Å²) in [6.07, 6.45) is -14.5. The number of hydrogen-bond acceptors (Lipinski definition) is 12. The van der Waals surface area contributed by atoms with Crippen LogP contribution >= 0.6 is 0 Å². The Hall–Kier alpha value is -0.930. The van der Waals surface area contributed by atoms with Gasteiger partial charge in [0.2, 0.25) is 0 Å². The maximum atomic E-state index is 11.7. The standard InChI is InChI=1S/C12H20O12/c13-1-3(15)5(16)8(19)11(10(21)24-11)12(22)9(20)7(18)6(17)4(2-14)23-12/h3-9,13-20,22H,1-2H2/t3?,4-,5?,6-,7+,8?,9-,11?,12?/m1/s1. The van der Waals surface area contributed by atoms with Gasteiger partial charge in [0, 0.05) is 0 Å². The van der Waals surface area contributed by atoms with E-state index in [1.54, 1.807) is 0 Å². The normalized spacial score (nSPS) is 46.1. The molecule has 0 aliphatic carbocycles. The Bertz CT molecular complexity index is 485. The van der Waals surface area contributed by atoms with Crippen molar-refractivity contribution < 1.29 is 60.2 Å². The first-order chi connectivity index (χ1) is 11.1. The van der Waals surface area contributed by atoms with E-state index in [4.69, 9.17) is 14.9 Å². The van der Waals surface area contributed by atoms with Crippen molar-refractivity contribution >= 4 is 5.97 Å². The van der Waals surface area contributed by atoms with Crippen LogP contribution in [0.3, 0.4) is 0 Å². The molecule has 140 valence electrons. The van der Waals surface area contributed by atoms with E-state index in [2.05, 4.69) is 4.74 Å². The number of epoxide rings is 1. The van der Waals surface area contributed by atoms with E-state index in [0.717, 1.165) is 0 Å². The van der Waals surface area contributed by atoms with Crippen molar-refractivity contribution in [3.63, 3.8) is 0 Å². The summed E-state index contributed by atoms with van der Waals surface area (Å²) < 4.78 is 9.41. The van der Waals surface area contributed by atoms with Crippen molar-refractivity contribution in [3.8, 4) is 0 Å². The van der Waals surface area contributed by atoms with Crippen molar-refractivity contribution in [3.05, 3.63) is 0 Å². The van der Waals surface area contributed by atoms with Gasteiger partial charge in [0.15, 0.2) is 0 Å². The predicted molar refractivity (Wildman–Crippen MR) is 68.9 cm³/mol. The van der Waals surface area contributed by atoms with Crippen LogP contribution < -0.4 is 0 Å². The summed E-state index contributed by atoms with van der Waals surface area (Å²) in [6, 6.07) is 0. The second kappa shape index (κ2) is 6.42. The lowest BCUT2D eigenvalue weighted by Gasteiger charge is -2.47. The molecular formula is C12H20O12. The van der Waals surface area contributed by atoms with Crippen molar-refractivity contribution in [1.82, 2.24) is 0 Å². The predicted octanol–water partition coefficient (Wildman–Crippen LogP) is -6.48. The first-order valence-electron chi connectivity index (χ1n) is 7.02. The Kier molecular flexibility index (Phi) is 5.19. The van der Waals surface area contributed by atoms with Gasteiger partial charge in [0.25, 0.3) is 11.4 Å². The maximum Gasteiger partial charge on any atom is 0.360 e. The summed E-state index contributed by atoms with van der Waals surface area (Å²) in [4.78, 5) is 11.7. The van der Waals surface area contributed by atoms with Crippen molar-refractivity contribution in [1.29, 1.82) is 0 Å². The highest BCUT2D eigenvalue weighted by Gasteiger charge is 2.82. The van der Waals surface area contributed by atoms with Gasteiger partial charge in [-0.3, -0.25) is 0 Å². The molecule has 2 rings (SSSR count). The molecule has 9 atom stereocenters. The van der Waals surface area contributed by atoms with E-state index >= 15 is 0 Å². The fraction of sp³-hybridized carbons (Fsp3) is 0.917. The zero-order valence-electron chi connectivity index (χ0n) is 12.2. The van der Waals surface area contributed by atoms with Crippen LogP contribution in [0.1, 0.15) is 0 Å². The SMILES string of the molecule is O=C1OC1(C(O)C(O)C(O)CO)C1(O)O[C@H](CO)[C@@H](O)[C@H](O)[C@H]1O. The van der Waals surface area contributed by atoms with Gasteiger partial charge in [-0.05, 0) is 0 Å². The van der Waals surface area contributed by atoms with Crippen LogP contribution in [-0.4, -0.2) is 119 Å². The van der Waals surface area contributed by atoms with Crippen LogP contribution in [0.25, 0.3) is 0 Å². The molecule has 2 fully saturated rings. The Balaban J connectivity index is 2.39. The average Bonchev–Trinajstić information content (AvgIpc) is 3.27. The van der Waals surface area contributed by atoms with Crippen molar-refractivity contribution in [2.45, 2.75) is 54.1 Å². The van der Waals surface area contributed by atoms with Crippen LogP contribution in [0.4, 0.5) is 0 Å². The minimum atomic E-state index is -3.16. The molecule has 0 aromatic carbocycles. The van der Waals surface area contributed by atoms with Gasteiger partial charge < -0.3 is 55.4 Å². The largest absolute Gasteiger partial charge is 0.435 e. The molecule has 0 radical (unpaired) electrons. The highest BCUT2D eigenvalue weighted by atomic mass is 16.7. The zero-order chi connectivity index (χ0) is 18.4. The van der Waals surface area contributed by atoms with E-state index in [9.17, 15) is 40.5 Å². The summed E-state index contributed by atoms with van der Waals surface area (Å²) in [7, 11) is 0. The molecule has 0 aromatic rings. The molecule has 5 unspecified atom stereocenters. The molecule has 9 N–H and O–H groups in total. The summed E-state index contributed by atoms with van der Waals surface area (Å²) in [6.45, 7) is -1.94. The van der Waals surface area contributed by atoms with Crippen LogP contribution in [0.2, 0.25) is 0 Å².